The molecule has 0 aliphatic heterocycles. The zero-order chi connectivity index (χ0) is 13.9. The van der Waals surface area contributed by atoms with Crippen molar-refractivity contribution in [1.82, 2.24) is 5.32 Å². The maximum Gasteiger partial charge on any atom is 0.401 e. The molecule has 0 saturated carbocycles. The Morgan fingerprint density at radius 2 is 1.74 bits per heavy atom. The first kappa shape index (κ1) is 18.3. The normalized spacial score (nSPS) is 12.7. The molecule has 0 saturated heterocycles. The van der Waals surface area contributed by atoms with E-state index in [4.69, 9.17) is 28.3 Å². The SMILES string of the molecule is Cl.O=C(O)C(NCC(F)(F)F)c1cc(Cl)cc(Cl)c1. The van der Waals surface area contributed by atoms with E-state index in [1.54, 1.807) is 0 Å². The molecular formula is C10H9Cl3F3NO2. The molecule has 0 aliphatic rings. The Labute approximate surface area is 123 Å². The number of alkyl halides is 3. The van der Waals surface area contributed by atoms with Crippen LogP contribution >= 0.6 is 35.6 Å². The van der Waals surface area contributed by atoms with Crippen LogP contribution in [0.5, 0.6) is 0 Å². The van der Waals surface area contributed by atoms with Gasteiger partial charge in [-0.2, -0.15) is 13.2 Å². The van der Waals surface area contributed by atoms with Crippen LogP contribution in [-0.2, 0) is 4.79 Å². The second-order valence-corrected chi connectivity index (χ2v) is 4.34. The van der Waals surface area contributed by atoms with Gasteiger partial charge < -0.3 is 5.11 Å². The molecule has 0 aromatic heterocycles. The Morgan fingerprint density at radius 1 is 1.26 bits per heavy atom. The highest BCUT2D eigenvalue weighted by molar-refractivity contribution is 6.34. The van der Waals surface area contributed by atoms with E-state index >= 15 is 0 Å². The highest BCUT2D eigenvalue weighted by Gasteiger charge is 2.30. The third-order valence-electron chi connectivity index (χ3n) is 1.97. The highest BCUT2D eigenvalue weighted by atomic mass is 35.5. The molecule has 19 heavy (non-hydrogen) atoms. The largest absolute Gasteiger partial charge is 0.480 e. The number of rotatable bonds is 4. The molecule has 0 fully saturated rings. The van der Waals surface area contributed by atoms with Gasteiger partial charge in [0.15, 0.2) is 0 Å². The van der Waals surface area contributed by atoms with Gasteiger partial charge in [0.2, 0.25) is 0 Å². The summed E-state index contributed by atoms with van der Waals surface area (Å²) in [7, 11) is 0. The van der Waals surface area contributed by atoms with Crippen LogP contribution in [0.4, 0.5) is 13.2 Å². The summed E-state index contributed by atoms with van der Waals surface area (Å²) < 4.78 is 36.1. The summed E-state index contributed by atoms with van der Waals surface area (Å²) in [5, 5.41) is 11.1. The Bertz CT molecular complexity index is 434. The first-order chi connectivity index (χ1) is 8.19. The molecule has 2 N–H and O–H groups in total. The lowest BCUT2D eigenvalue weighted by molar-refractivity contribution is -0.143. The molecule has 1 aromatic carbocycles. The number of carbonyl (C=O) groups is 1. The van der Waals surface area contributed by atoms with Gasteiger partial charge in [-0.05, 0) is 23.8 Å². The summed E-state index contributed by atoms with van der Waals surface area (Å²) in [6.45, 7) is -1.42. The minimum atomic E-state index is -4.50. The topological polar surface area (TPSA) is 49.3 Å². The molecule has 0 spiro atoms. The van der Waals surface area contributed by atoms with Crippen molar-refractivity contribution in [3.63, 3.8) is 0 Å². The Balaban J connectivity index is 0.00000324. The number of carboxylic acid groups (broad SMARTS) is 1. The Kier molecular flexibility index (Phi) is 6.93. The second-order valence-electron chi connectivity index (χ2n) is 3.47. The summed E-state index contributed by atoms with van der Waals surface area (Å²) in [4.78, 5) is 10.9. The summed E-state index contributed by atoms with van der Waals surface area (Å²) >= 11 is 11.3. The number of benzene rings is 1. The smallest absolute Gasteiger partial charge is 0.401 e. The molecule has 0 heterocycles. The molecule has 108 valence electrons. The van der Waals surface area contributed by atoms with E-state index in [0.717, 1.165) is 0 Å². The van der Waals surface area contributed by atoms with Crippen molar-refractivity contribution in [2.24, 2.45) is 0 Å². The number of hydrogen-bond donors (Lipinski definition) is 2. The van der Waals surface area contributed by atoms with E-state index in [0.29, 0.717) is 0 Å². The van der Waals surface area contributed by atoms with Crippen LogP contribution in [0.2, 0.25) is 10.0 Å². The van der Waals surface area contributed by atoms with Crippen LogP contribution in [-0.4, -0.2) is 23.8 Å². The van der Waals surface area contributed by atoms with Gasteiger partial charge in [0, 0.05) is 10.0 Å². The maximum absolute atomic E-state index is 12.0. The lowest BCUT2D eigenvalue weighted by atomic mass is 10.1. The molecule has 3 nitrogen and oxygen atoms in total. The lowest BCUT2D eigenvalue weighted by Gasteiger charge is -2.16. The minimum absolute atomic E-state index is 0. The first-order valence-corrected chi connectivity index (χ1v) is 5.43. The Hall–Kier alpha value is -0.690. The van der Waals surface area contributed by atoms with Gasteiger partial charge in [0.1, 0.15) is 6.04 Å². The third kappa shape index (κ3) is 6.33. The van der Waals surface area contributed by atoms with Gasteiger partial charge in [-0.25, -0.2) is 0 Å². The highest BCUT2D eigenvalue weighted by Crippen LogP contribution is 2.24. The van der Waals surface area contributed by atoms with E-state index in [2.05, 4.69) is 0 Å². The van der Waals surface area contributed by atoms with Crippen LogP contribution < -0.4 is 5.32 Å². The number of carboxylic acids is 1. The number of hydrogen-bond acceptors (Lipinski definition) is 2. The van der Waals surface area contributed by atoms with Gasteiger partial charge >= 0.3 is 12.1 Å². The number of nitrogens with one attached hydrogen (secondary N) is 1. The summed E-state index contributed by atoms with van der Waals surface area (Å²) in [5.74, 6) is -1.45. The molecule has 0 aliphatic carbocycles. The van der Waals surface area contributed by atoms with Crippen molar-refractivity contribution in [1.29, 1.82) is 0 Å². The number of aliphatic carboxylic acids is 1. The van der Waals surface area contributed by atoms with Crippen molar-refractivity contribution >= 4 is 41.6 Å². The fourth-order valence-corrected chi connectivity index (χ4v) is 1.85. The van der Waals surface area contributed by atoms with Gasteiger partial charge in [-0.3, -0.25) is 10.1 Å². The molecule has 1 unspecified atom stereocenters. The molecule has 9 heteroatoms. The second kappa shape index (κ2) is 7.19. The van der Waals surface area contributed by atoms with E-state index < -0.39 is 24.7 Å². The van der Waals surface area contributed by atoms with Crippen molar-refractivity contribution in [2.45, 2.75) is 12.2 Å². The van der Waals surface area contributed by atoms with E-state index in [1.165, 1.54) is 18.2 Å². The van der Waals surface area contributed by atoms with Crippen molar-refractivity contribution < 1.29 is 23.1 Å². The zero-order valence-corrected chi connectivity index (χ0v) is 11.5. The van der Waals surface area contributed by atoms with Gasteiger partial charge in [-0.1, -0.05) is 23.2 Å². The van der Waals surface area contributed by atoms with Crippen molar-refractivity contribution in [3.8, 4) is 0 Å². The molecule has 1 atom stereocenters. The standard InChI is InChI=1S/C10H8Cl2F3NO2.ClH/c11-6-1-5(2-7(12)3-6)8(9(17)18)16-4-10(13,14)15;/h1-3,8,16H,4H2,(H,17,18);1H. The van der Waals surface area contributed by atoms with Crippen LogP contribution in [0, 0.1) is 0 Å². The molecule has 1 rings (SSSR count). The van der Waals surface area contributed by atoms with Crippen LogP contribution in [0.3, 0.4) is 0 Å². The monoisotopic (exact) mass is 337 g/mol. The predicted octanol–water partition coefficient (Wildman–Crippen LogP) is 3.69. The average Bonchev–Trinajstić information content (AvgIpc) is 2.13. The molecule has 0 radical (unpaired) electrons. The summed E-state index contributed by atoms with van der Waals surface area (Å²) in [6, 6.07) is 2.32. The number of halogens is 6. The average molecular weight is 339 g/mol. The van der Waals surface area contributed by atoms with Crippen molar-refractivity contribution in [3.05, 3.63) is 33.8 Å². The van der Waals surface area contributed by atoms with Crippen molar-refractivity contribution in [2.75, 3.05) is 6.54 Å². The molecule has 0 amide bonds. The van der Waals surface area contributed by atoms with Crippen LogP contribution in [0.1, 0.15) is 11.6 Å². The lowest BCUT2D eigenvalue weighted by Crippen LogP contribution is -2.36. The van der Waals surface area contributed by atoms with Crippen LogP contribution in [0.25, 0.3) is 0 Å². The molecule has 0 bridgehead atoms. The van der Waals surface area contributed by atoms with E-state index in [1.807, 2.05) is 5.32 Å². The summed E-state index contributed by atoms with van der Waals surface area (Å²) in [6.07, 6.45) is -4.50. The van der Waals surface area contributed by atoms with Gasteiger partial charge in [-0.15, -0.1) is 12.4 Å². The summed E-state index contributed by atoms with van der Waals surface area (Å²) in [5.41, 5.74) is 0.0595. The fraction of sp³-hybridized carbons (Fsp3) is 0.300. The molecule has 1 aromatic rings. The fourth-order valence-electron chi connectivity index (χ4n) is 1.31. The Morgan fingerprint density at radius 3 is 2.11 bits per heavy atom. The molecular weight excluding hydrogens is 329 g/mol. The van der Waals surface area contributed by atoms with Gasteiger partial charge in [0.05, 0.1) is 6.54 Å². The maximum atomic E-state index is 12.0. The first-order valence-electron chi connectivity index (χ1n) is 4.68. The quantitative estimate of drug-likeness (QED) is 0.880. The van der Waals surface area contributed by atoms with E-state index in [9.17, 15) is 18.0 Å². The zero-order valence-electron chi connectivity index (χ0n) is 9.17. The predicted molar refractivity (Wildman–Crippen MR) is 68.1 cm³/mol. The van der Waals surface area contributed by atoms with Gasteiger partial charge in [0.25, 0.3) is 0 Å². The minimum Gasteiger partial charge on any atom is -0.480 e. The third-order valence-corrected chi connectivity index (χ3v) is 2.41. The van der Waals surface area contributed by atoms with Crippen LogP contribution in [0.15, 0.2) is 18.2 Å². The van der Waals surface area contributed by atoms with E-state index in [-0.39, 0.29) is 28.0 Å².